The highest BCUT2D eigenvalue weighted by atomic mass is 16.6. The lowest BCUT2D eigenvalue weighted by atomic mass is 9.78. The van der Waals surface area contributed by atoms with Crippen LogP contribution in [0.2, 0.25) is 0 Å². The van der Waals surface area contributed by atoms with Crippen LogP contribution in [0.15, 0.2) is 66.7 Å². The van der Waals surface area contributed by atoms with E-state index < -0.39 is 23.8 Å². The minimum absolute atomic E-state index is 0.0215. The summed E-state index contributed by atoms with van der Waals surface area (Å²) in [7, 11) is 1.67. The largest absolute Gasteiger partial charge is 0.494 e. The number of benzene rings is 3. The Kier molecular flexibility index (Phi) is 12.9. The van der Waals surface area contributed by atoms with E-state index in [0.717, 1.165) is 85.6 Å². The van der Waals surface area contributed by atoms with Crippen molar-refractivity contribution in [2.75, 3.05) is 76.0 Å². The molecule has 4 atom stereocenters. The number of carbonyl (C=O) groups excluding carboxylic acids is 2. The van der Waals surface area contributed by atoms with Gasteiger partial charge in [-0.3, -0.25) is 4.79 Å². The van der Waals surface area contributed by atoms with Crippen molar-refractivity contribution < 1.29 is 38.7 Å². The summed E-state index contributed by atoms with van der Waals surface area (Å²) < 4.78 is 23.1. The van der Waals surface area contributed by atoms with Crippen LogP contribution >= 0.6 is 0 Å². The van der Waals surface area contributed by atoms with Gasteiger partial charge in [0.05, 0.1) is 24.3 Å². The average Bonchev–Trinajstić information content (AvgIpc) is 3.95. The number of hydrogen-bond donors (Lipinski definition) is 2. The standard InChI is InChI=1S/C45H60N4O8/c1-45(2,3)57-44(53)47-23-19-38(33-9-5-8-32(26-33)31-10-15-37(16-11-31)55-25-6-20-46-22-18-36(50)28-46)39(29-47)43(52)49(34-12-13-34)35-14-17-41-40(27-35)48(21-7-24-54-4)42(51)30-56-41/h5,8-11,14-17,26-27,34,36,38-39,42,50-51H,6-7,12-13,18-25,28-30H2,1-4H3/t36?,38-,39+,42?/m1/s1. The fourth-order valence-electron chi connectivity index (χ4n) is 8.37. The molecule has 0 spiro atoms. The zero-order valence-electron chi connectivity index (χ0n) is 34.0. The number of hydrogen-bond acceptors (Lipinski definition) is 10. The quantitative estimate of drug-likeness (QED) is 0.181. The first-order valence-corrected chi connectivity index (χ1v) is 20.7. The maximum Gasteiger partial charge on any atom is 0.410 e. The Morgan fingerprint density at radius 2 is 1.67 bits per heavy atom. The number of piperidine rings is 1. The monoisotopic (exact) mass is 784 g/mol. The fraction of sp³-hybridized carbons (Fsp3) is 0.556. The van der Waals surface area contributed by atoms with Crippen molar-refractivity contribution >= 4 is 23.4 Å². The number of fused-ring (bicyclic) bond motifs is 1. The van der Waals surface area contributed by atoms with Crippen LogP contribution in [0.1, 0.15) is 70.8 Å². The van der Waals surface area contributed by atoms with E-state index in [4.69, 9.17) is 18.9 Å². The number of β-amino-alcohol motifs (C(OH)–C–C–N with tert-alkyl or cyclic N) is 1. The van der Waals surface area contributed by atoms with Crippen LogP contribution in [0.4, 0.5) is 16.2 Å². The SMILES string of the molecule is COCCCN1c2cc(N(C(=O)[C@H]3CN(C(=O)OC(C)(C)C)CC[C@@H]3c3cccc(-c4ccc(OCCCN5CCC(O)C5)cc4)c3)C3CC3)ccc2OCC1O. The molecule has 308 valence electrons. The van der Waals surface area contributed by atoms with Crippen LogP contribution in [-0.4, -0.2) is 122 Å². The van der Waals surface area contributed by atoms with Gasteiger partial charge in [-0.2, -0.15) is 0 Å². The molecule has 3 aliphatic heterocycles. The van der Waals surface area contributed by atoms with Crippen LogP contribution in [-0.2, 0) is 14.3 Å². The lowest BCUT2D eigenvalue weighted by Crippen LogP contribution is -2.51. The lowest BCUT2D eigenvalue weighted by Gasteiger charge is -2.41. The predicted molar refractivity (Wildman–Crippen MR) is 220 cm³/mol. The van der Waals surface area contributed by atoms with Crippen molar-refractivity contribution in [1.29, 1.82) is 0 Å². The maximum absolute atomic E-state index is 15.1. The van der Waals surface area contributed by atoms with Crippen LogP contribution in [0, 0.1) is 5.92 Å². The van der Waals surface area contributed by atoms with Gasteiger partial charge in [-0.15, -0.1) is 0 Å². The van der Waals surface area contributed by atoms with Gasteiger partial charge >= 0.3 is 6.09 Å². The van der Waals surface area contributed by atoms with E-state index >= 15 is 4.79 Å². The number of rotatable bonds is 14. The normalized spacial score (nSPS) is 22.5. The van der Waals surface area contributed by atoms with Gasteiger partial charge in [-0.1, -0.05) is 36.4 Å². The summed E-state index contributed by atoms with van der Waals surface area (Å²) in [6.45, 7) is 10.8. The van der Waals surface area contributed by atoms with Gasteiger partial charge in [0.2, 0.25) is 5.91 Å². The van der Waals surface area contributed by atoms with Crippen LogP contribution in [0.25, 0.3) is 11.1 Å². The van der Waals surface area contributed by atoms with E-state index in [2.05, 4.69) is 41.3 Å². The lowest BCUT2D eigenvalue weighted by molar-refractivity contribution is -0.124. The van der Waals surface area contributed by atoms with E-state index in [1.165, 1.54) is 0 Å². The van der Waals surface area contributed by atoms with Crippen molar-refractivity contribution in [3.05, 3.63) is 72.3 Å². The topological polar surface area (TPSA) is 124 Å². The number of methoxy groups -OCH3 is 1. The number of ether oxygens (including phenoxy) is 4. The van der Waals surface area contributed by atoms with Gasteiger partial charge in [-0.25, -0.2) is 4.79 Å². The highest BCUT2D eigenvalue weighted by Gasteiger charge is 2.44. The predicted octanol–water partition coefficient (Wildman–Crippen LogP) is 6.28. The molecule has 2 saturated heterocycles. The molecule has 12 heteroatoms. The summed E-state index contributed by atoms with van der Waals surface area (Å²) in [6.07, 6.45) is 3.45. The smallest absolute Gasteiger partial charge is 0.410 e. The molecule has 4 aliphatic rings. The van der Waals surface area contributed by atoms with E-state index in [1.54, 1.807) is 12.0 Å². The van der Waals surface area contributed by atoms with Gasteiger partial charge in [0.15, 0.2) is 6.23 Å². The molecule has 1 saturated carbocycles. The van der Waals surface area contributed by atoms with Gasteiger partial charge < -0.3 is 48.8 Å². The Bertz CT molecular complexity index is 1830. The van der Waals surface area contributed by atoms with Crippen molar-refractivity contribution in [2.24, 2.45) is 5.92 Å². The summed E-state index contributed by atoms with van der Waals surface area (Å²) in [5.41, 5.74) is 4.01. The summed E-state index contributed by atoms with van der Waals surface area (Å²) in [4.78, 5) is 36.4. The first-order chi connectivity index (χ1) is 27.5. The van der Waals surface area contributed by atoms with Gasteiger partial charge in [0.1, 0.15) is 23.7 Å². The number of nitrogens with zero attached hydrogens (tertiary/aromatic N) is 4. The Morgan fingerprint density at radius 3 is 2.39 bits per heavy atom. The molecule has 0 bridgehead atoms. The third-order valence-corrected chi connectivity index (χ3v) is 11.4. The van der Waals surface area contributed by atoms with E-state index in [-0.39, 0.29) is 37.1 Å². The minimum Gasteiger partial charge on any atom is -0.494 e. The number of anilines is 2. The molecule has 0 aromatic heterocycles. The maximum atomic E-state index is 15.1. The fourth-order valence-corrected chi connectivity index (χ4v) is 8.37. The third kappa shape index (κ3) is 10.2. The molecular formula is C45H60N4O8. The Hall–Kier alpha value is -4.36. The van der Waals surface area contributed by atoms with Gasteiger partial charge in [-0.05, 0) is 112 Å². The molecule has 12 nitrogen and oxygen atoms in total. The number of aliphatic hydroxyl groups is 2. The van der Waals surface area contributed by atoms with Crippen molar-refractivity contribution in [2.45, 2.75) is 89.2 Å². The molecule has 3 aromatic carbocycles. The molecule has 2 unspecified atom stereocenters. The zero-order valence-corrected chi connectivity index (χ0v) is 34.0. The van der Waals surface area contributed by atoms with Gasteiger partial charge in [0.25, 0.3) is 0 Å². The second kappa shape index (κ2) is 18.1. The van der Waals surface area contributed by atoms with Crippen LogP contribution in [0.5, 0.6) is 11.5 Å². The summed E-state index contributed by atoms with van der Waals surface area (Å²) >= 11 is 0. The van der Waals surface area contributed by atoms with E-state index in [0.29, 0.717) is 38.5 Å². The highest BCUT2D eigenvalue weighted by molar-refractivity contribution is 5.98. The number of aliphatic hydroxyl groups excluding tert-OH is 2. The summed E-state index contributed by atoms with van der Waals surface area (Å²) in [6, 6.07) is 22.4. The van der Waals surface area contributed by atoms with Crippen LogP contribution in [0.3, 0.4) is 0 Å². The second-order valence-corrected chi connectivity index (χ2v) is 16.9. The van der Waals surface area contributed by atoms with E-state index in [1.807, 2.05) is 60.9 Å². The average molecular weight is 785 g/mol. The highest BCUT2D eigenvalue weighted by Crippen LogP contribution is 2.43. The third-order valence-electron chi connectivity index (χ3n) is 11.4. The molecule has 0 radical (unpaired) electrons. The molecule has 3 aromatic rings. The number of likely N-dealkylation sites (tertiary alicyclic amines) is 2. The van der Waals surface area contributed by atoms with Gasteiger partial charge in [0, 0.05) is 64.7 Å². The Labute approximate surface area is 337 Å². The molecule has 3 fully saturated rings. The molecule has 3 heterocycles. The number of carbonyl (C=O) groups is 2. The van der Waals surface area contributed by atoms with Crippen molar-refractivity contribution in [3.63, 3.8) is 0 Å². The molecule has 2 amide bonds. The molecule has 2 N–H and O–H groups in total. The minimum atomic E-state index is -0.808. The zero-order chi connectivity index (χ0) is 40.1. The first-order valence-electron chi connectivity index (χ1n) is 20.7. The Morgan fingerprint density at radius 1 is 0.877 bits per heavy atom. The Balaban J connectivity index is 1.12. The summed E-state index contributed by atoms with van der Waals surface area (Å²) in [5.74, 6) is 0.818. The van der Waals surface area contributed by atoms with Crippen molar-refractivity contribution in [3.8, 4) is 22.6 Å². The molecular weight excluding hydrogens is 725 g/mol. The second-order valence-electron chi connectivity index (χ2n) is 16.9. The van der Waals surface area contributed by atoms with Crippen molar-refractivity contribution in [1.82, 2.24) is 9.80 Å². The molecule has 57 heavy (non-hydrogen) atoms. The molecule has 1 aliphatic carbocycles. The summed E-state index contributed by atoms with van der Waals surface area (Å²) in [5, 5.41) is 20.7. The van der Waals surface area contributed by atoms with E-state index in [9.17, 15) is 15.0 Å². The first kappa shape index (κ1) is 40.8. The van der Waals surface area contributed by atoms with Crippen LogP contribution < -0.4 is 19.3 Å². The molecule has 7 rings (SSSR count). The number of amides is 2.